The summed E-state index contributed by atoms with van der Waals surface area (Å²) in [5.41, 5.74) is 1.22. The third kappa shape index (κ3) is 5.51. The summed E-state index contributed by atoms with van der Waals surface area (Å²) in [4.78, 5) is 0. The van der Waals surface area contributed by atoms with Crippen LogP contribution in [0.1, 0.15) is 52.0 Å². The van der Waals surface area contributed by atoms with Gasteiger partial charge in [0.15, 0.2) is 0 Å². The van der Waals surface area contributed by atoms with E-state index in [1.807, 2.05) is 18.2 Å². The van der Waals surface area contributed by atoms with Gasteiger partial charge < -0.3 is 15.2 Å². The Hall–Kier alpha value is -1.06. The lowest BCUT2D eigenvalue weighted by atomic mass is 9.98. The van der Waals surface area contributed by atoms with Gasteiger partial charge in [-0.3, -0.25) is 0 Å². The van der Waals surface area contributed by atoms with Gasteiger partial charge in [0.1, 0.15) is 18.5 Å². The third-order valence-corrected chi connectivity index (χ3v) is 3.81. The van der Waals surface area contributed by atoms with Crippen LogP contribution in [0, 0.1) is 0 Å². The Kier molecular flexibility index (Phi) is 7.63. The summed E-state index contributed by atoms with van der Waals surface area (Å²) in [6, 6.07) is 8.53. The summed E-state index contributed by atoms with van der Waals surface area (Å²) >= 11 is 0. The van der Waals surface area contributed by atoms with E-state index in [0.29, 0.717) is 25.1 Å². The quantitative estimate of drug-likeness (QED) is 0.728. The molecule has 0 bridgehead atoms. The molecule has 0 amide bonds. The molecule has 1 aromatic rings. The van der Waals surface area contributed by atoms with Gasteiger partial charge in [0, 0.05) is 12.6 Å². The molecule has 0 saturated carbocycles. The summed E-state index contributed by atoms with van der Waals surface area (Å²) in [7, 11) is 0. The van der Waals surface area contributed by atoms with Crippen molar-refractivity contribution in [2.75, 3.05) is 13.2 Å². The van der Waals surface area contributed by atoms with Crippen molar-refractivity contribution in [1.29, 1.82) is 0 Å². The van der Waals surface area contributed by atoms with Gasteiger partial charge in [-0.2, -0.15) is 0 Å². The summed E-state index contributed by atoms with van der Waals surface area (Å²) in [6.07, 6.45) is 1.66. The number of benzene rings is 1. The molecule has 0 unspecified atom stereocenters. The number of hydrogen-bond donors (Lipinski definition) is 2. The van der Waals surface area contributed by atoms with E-state index in [1.54, 1.807) is 0 Å². The number of aliphatic hydroxyl groups is 1. The van der Waals surface area contributed by atoms with E-state index in [9.17, 15) is 5.11 Å². The van der Waals surface area contributed by atoms with E-state index >= 15 is 0 Å². The van der Waals surface area contributed by atoms with Gasteiger partial charge in [0.25, 0.3) is 0 Å². The molecule has 1 rings (SSSR count). The smallest absolute Gasteiger partial charge is 0.122 e. The fourth-order valence-electron chi connectivity index (χ4n) is 1.97. The standard InChI is InChI=1S/C17H29NO2/c1-5-13(3)16-9-7-8-10-17(16)20-12-15(19)11-18-14(4)6-2/h7-10,13-15,18-19H,5-6,11-12H2,1-4H3/t13-,14+,15-/m1/s1. The minimum Gasteiger partial charge on any atom is -0.491 e. The van der Waals surface area contributed by atoms with Crippen LogP contribution in [0.15, 0.2) is 24.3 Å². The lowest BCUT2D eigenvalue weighted by Gasteiger charge is -2.19. The van der Waals surface area contributed by atoms with Crippen molar-refractivity contribution in [1.82, 2.24) is 5.32 Å². The monoisotopic (exact) mass is 279 g/mol. The zero-order valence-corrected chi connectivity index (χ0v) is 13.2. The number of ether oxygens (including phenoxy) is 1. The number of para-hydroxylation sites is 1. The molecule has 0 aromatic heterocycles. The van der Waals surface area contributed by atoms with Crippen LogP contribution in [0.2, 0.25) is 0 Å². The average molecular weight is 279 g/mol. The largest absolute Gasteiger partial charge is 0.491 e. The number of hydrogen-bond acceptors (Lipinski definition) is 3. The molecule has 1 aromatic carbocycles. The lowest BCUT2D eigenvalue weighted by Crippen LogP contribution is -2.36. The average Bonchev–Trinajstić information content (AvgIpc) is 2.49. The molecule has 0 saturated heterocycles. The van der Waals surface area contributed by atoms with Gasteiger partial charge in [-0.05, 0) is 37.3 Å². The van der Waals surface area contributed by atoms with Crippen molar-refractivity contribution < 1.29 is 9.84 Å². The Balaban J connectivity index is 2.49. The highest BCUT2D eigenvalue weighted by atomic mass is 16.5. The number of nitrogens with one attached hydrogen (secondary N) is 1. The second-order valence-corrected chi connectivity index (χ2v) is 5.53. The van der Waals surface area contributed by atoms with E-state index in [1.165, 1.54) is 5.56 Å². The summed E-state index contributed by atoms with van der Waals surface area (Å²) in [5, 5.41) is 13.2. The van der Waals surface area contributed by atoms with E-state index in [2.05, 4.69) is 39.1 Å². The van der Waals surface area contributed by atoms with Gasteiger partial charge in [-0.25, -0.2) is 0 Å². The molecular formula is C17H29NO2. The highest BCUT2D eigenvalue weighted by Crippen LogP contribution is 2.28. The van der Waals surface area contributed by atoms with Gasteiger partial charge in [0.2, 0.25) is 0 Å². The first kappa shape index (κ1) is 17.0. The first-order valence-electron chi connectivity index (χ1n) is 7.71. The molecule has 3 nitrogen and oxygen atoms in total. The maximum atomic E-state index is 9.95. The summed E-state index contributed by atoms with van der Waals surface area (Å²) in [6.45, 7) is 9.52. The molecular weight excluding hydrogens is 250 g/mol. The van der Waals surface area contributed by atoms with Crippen molar-refractivity contribution in [3.05, 3.63) is 29.8 Å². The highest BCUT2D eigenvalue weighted by Gasteiger charge is 2.12. The maximum absolute atomic E-state index is 9.95. The Morgan fingerprint density at radius 3 is 2.50 bits per heavy atom. The van der Waals surface area contributed by atoms with E-state index in [0.717, 1.165) is 18.6 Å². The molecule has 114 valence electrons. The van der Waals surface area contributed by atoms with Crippen molar-refractivity contribution in [2.45, 2.75) is 58.6 Å². The Morgan fingerprint density at radius 2 is 1.85 bits per heavy atom. The molecule has 3 heteroatoms. The lowest BCUT2D eigenvalue weighted by molar-refractivity contribution is 0.103. The van der Waals surface area contributed by atoms with Crippen LogP contribution in [-0.2, 0) is 0 Å². The zero-order chi connectivity index (χ0) is 15.0. The van der Waals surface area contributed by atoms with Crippen LogP contribution in [-0.4, -0.2) is 30.4 Å². The molecule has 0 aliphatic rings. The predicted octanol–water partition coefficient (Wildman–Crippen LogP) is 3.33. The topological polar surface area (TPSA) is 41.5 Å². The Morgan fingerprint density at radius 1 is 1.15 bits per heavy atom. The van der Waals surface area contributed by atoms with Crippen LogP contribution in [0.4, 0.5) is 0 Å². The van der Waals surface area contributed by atoms with Gasteiger partial charge in [-0.15, -0.1) is 0 Å². The molecule has 20 heavy (non-hydrogen) atoms. The first-order chi connectivity index (χ1) is 9.58. The van der Waals surface area contributed by atoms with Crippen LogP contribution in [0.5, 0.6) is 5.75 Å². The van der Waals surface area contributed by atoms with Crippen LogP contribution in [0.25, 0.3) is 0 Å². The molecule has 2 N–H and O–H groups in total. The SMILES string of the molecule is CC[C@@H](C)c1ccccc1OC[C@H](O)CN[C@@H](C)CC. The molecule has 0 fully saturated rings. The van der Waals surface area contributed by atoms with E-state index < -0.39 is 6.10 Å². The van der Waals surface area contributed by atoms with Crippen molar-refractivity contribution in [3.8, 4) is 5.75 Å². The molecule has 3 atom stereocenters. The Labute approximate surface area is 123 Å². The van der Waals surface area contributed by atoms with E-state index in [-0.39, 0.29) is 0 Å². The first-order valence-corrected chi connectivity index (χ1v) is 7.71. The molecule has 0 aliphatic heterocycles. The molecule has 0 radical (unpaired) electrons. The number of rotatable bonds is 9. The number of aliphatic hydroxyl groups excluding tert-OH is 1. The summed E-state index contributed by atoms with van der Waals surface area (Å²) in [5.74, 6) is 1.37. The van der Waals surface area contributed by atoms with Crippen molar-refractivity contribution >= 4 is 0 Å². The second kappa shape index (κ2) is 8.98. The Bertz CT molecular complexity index is 381. The van der Waals surface area contributed by atoms with Crippen molar-refractivity contribution in [3.63, 3.8) is 0 Å². The van der Waals surface area contributed by atoms with E-state index in [4.69, 9.17) is 4.74 Å². The second-order valence-electron chi connectivity index (χ2n) is 5.53. The zero-order valence-electron chi connectivity index (χ0n) is 13.2. The maximum Gasteiger partial charge on any atom is 0.122 e. The predicted molar refractivity (Wildman–Crippen MR) is 84.4 cm³/mol. The fourth-order valence-corrected chi connectivity index (χ4v) is 1.97. The molecule has 0 heterocycles. The minimum absolute atomic E-state index is 0.330. The molecule has 0 spiro atoms. The highest BCUT2D eigenvalue weighted by molar-refractivity contribution is 5.35. The normalized spacial score (nSPS) is 15.7. The van der Waals surface area contributed by atoms with Crippen LogP contribution >= 0.6 is 0 Å². The third-order valence-electron chi connectivity index (χ3n) is 3.81. The van der Waals surface area contributed by atoms with Gasteiger partial charge in [-0.1, -0.05) is 39.0 Å². The molecule has 0 aliphatic carbocycles. The van der Waals surface area contributed by atoms with Crippen molar-refractivity contribution in [2.24, 2.45) is 0 Å². The van der Waals surface area contributed by atoms with Gasteiger partial charge >= 0.3 is 0 Å². The fraction of sp³-hybridized carbons (Fsp3) is 0.647. The summed E-state index contributed by atoms with van der Waals surface area (Å²) < 4.78 is 5.80. The van der Waals surface area contributed by atoms with Gasteiger partial charge in [0.05, 0.1) is 0 Å². The van der Waals surface area contributed by atoms with Crippen LogP contribution < -0.4 is 10.1 Å². The minimum atomic E-state index is -0.478. The van der Waals surface area contributed by atoms with Crippen LogP contribution in [0.3, 0.4) is 0 Å².